The second kappa shape index (κ2) is 10.9. The molecular formula is C21H13BrFN5O7. The first-order valence-corrected chi connectivity index (χ1v) is 10.2. The summed E-state index contributed by atoms with van der Waals surface area (Å²) >= 11 is 3.08. The highest BCUT2D eigenvalue weighted by Gasteiger charge is 2.21. The number of carbonyl (C=O) groups excluding carboxylic acids is 2. The van der Waals surface area contributed by atoms with Gasteiger partial charge in [0.1, 0.15) is 11.6 Å². The highest BCUT2D eigenvalue weighted by atomic mass is 79.9. The molecule has 3 rings (SSSR count). The van der Waals surface area contributed by atoms with Crippen LogP contribution in [0.25, 0.3) is 0 Å². The Kier molecular flexibility index (Phi) is 7.78. The maximum Gasteiger partial charge on any atom is 0.329 e. The minimum absolute atomic E-state index is 0.179. The van der Waals surface area contributed by atoms with Crippen LogP contribution >= 0.6 is 15.9 Å². The number of benzene rings is 3. The maximum atomic E-state index is 13.8. The Morgan fingerprint density at radius 2 is 1.69 bits per heavy atom. The van der Waals surface area contributed by atoms with Gasteiger partial charge in [-0.05, 0) is 54.1 Å². The summed E-state index contributed by atoms with van der Waals surface area (Å²) in [6.07, 6.45) is 1.21. The number of non-ortho nitro benzene ring substituents is 1. The molecule has 0 heterocycles. The second-order valence-corrected chi connectivity index (χ2v) is 7.53. The minimum atomic E-state index is -1.13. The number of carbonyl (C=O) groups is 2. The second-order valence-electron chi connectivity index (χ2n) is 6.61. The van der Waals surface area contributed by atoms with Crippen molar-refractivity contribution >= 4 is 51.0 Å². The van der Waals surface area contributed by atoms with Gasteiger partial charge in [-0.2, -0.15) is 5.10 Å². The number of nitro benzene ring substituents is 2. The lowest BCUT2D eigenvalue weighted by atomic mass is 10.2. The molecule has 0 saturated carbocycles. The SMILES string of the molecule is O=C(N/N=C/c1ccc(Oc2ccc([N+](=O)[O-])cc2[N+](=O)[O-])cc1)C(=O)Nc1ccc(Br)cc1F. The van der Waals surface area contributed by atoms with Crippen LogP contribution in [-0.2, 0) is 9.59 Å². The number of hydrogen-bond acceptors (Lipinski definition) is 8. The molecule has 12 nitrogen and oxygen atoms in total. The van der Waals surface area contributed by atoms with E-state index in [1.165, 1.54) is 42.6 Å². The molecule has 0 aliphatic carbocycles. The minimum Gasteiger partial charge on any atom is -0.450 e. The molecule has 0 bridgehead atoms. The van der Waals surface area contributed by atoms with E-state index in [2.05, 4.69) is 26.3 Å². The maximum absolute atomic E-state index is 13.8. The van der Waals surface area contributed by atoms with Gasteiger partial charge in [-0.3, -0.25) is 29.8 Å². The molecule has 0 aromatic heterocycles. The van der Waals surface area contributed by atoms with Crippen LogP contribution in [0.1, 0.15) is 5.56 Å². The smallest absolute Gasteiger partial charge is 0.329 e. The van der Waals surface area contributed by atoms with E-state index < -0.39 is 38.9 Å². The third kappa shape index (κ3) is 6.64. The van der Waals surface area contributed by atoms with Crippen LogP contribution in [0.3, 0.4) is 0 Å². The monoisotopic (exact) mass is 545 g/mol. The van der Waals surface area contributed by atoms with Gasteiger partial charge in [0.15, 0.2) is 0 Å². The Balaban J connectivity index is 1.60. The van der Waals surface area contributed by atoms with Crippen molar-refractivity contribution in [1.29, 1.82) is 0 Å². The first-order valence-electron chi connectivity index (χ1n) is 9.44. The predicted octanol–water partition coefficient (Wildman–Crippen LogP) is 4.29. The molecular weight excluding hydrogens is 533 g/mol. The first-order chi connectivity index (χ1) is 16.6. The molecule has 0 atom stereocenters. The molecule has 0 spiro atoms. The molecule has 35 heavy (non-hydrogen) atoms. The number of rotatable bonds is 7. The molecule has 0 radical (unpaired) electrons. The van der Waals surface area contributed by atoms with Crippen LogP contribution in [-0.4, -0.2) is 27.9 Å². The van der Waals surface area contributed by atoms with Gasteiger partial charge in [0, 0.05) is 10.5 Å². The van der Waals surface area contributed by atoms with E-state index in [-0.39, 0.29) is 17.2 Å². The molecule has 2 N–H and O–H groups in total. The number of nitro groups is 2. The van der Waals surface area contributed by atoms with Crippen molar-refractivity contribution in [2.24, 2.45) is 5.10 Å². The average Bonchev–Trinajstić information content (AvgIpc) is 2.81. The normalized spacial score (nSPS) is 10.6. The first kappa shape index (κ1) is 24.9. The molecule has 178 valence electrons. The standard InChI is InChI=1S/C21H13BrFN5O7/c22-13-3-7-17(16(23)9-13)25-20(29)21(30)26-24-11-12-1-5-15(6-2-12)35-19-8-4-14(27(31)32)10-18(19)28(33)34/h1-11H,(H,25,29)(H,26,30)/b24-11+. The van der Waals surface area contributed by atoms with Gasteiger partial charge in [-0.15, -0.1) is 0 Å². The van der Waals surface area contributed by atoms with Crippen LogP contribution in [0.4, 0.5) is 21.5 Å². The van der Waals surface area contributed by atoms with E-state index in [0.29, 0.717) is 10.0 Å². The van der Waals surface area contributed by atoms with E-state index in [9.17, 15) is 34.2 Å². The Morgan fingerprint density at radius 1 is 0.971 bits per heavy atom. The zero-order chi connectivity index (χ0) is 25.5. The molecule has 0 fully saturated rings. The predicted molar refractivity (Wildman–Crippen MR) is 125 cm³/mol. The van der Waals surface area contributed by atoms with Crippen LogP contribution in [0.2, 0.25) is 0 Å². The number of amides is 2. The number of ether oxygens (including phenoxy) is 1. The van der Waals surface area contributed by atoms with Gasteiger partial charge in [0.25, 0.3) is 5.69 Å². The zero-order valence-corrected chi connectivity index (χ0v) is 18.9. The molecule has 0 saturated heterocycles. The summed E-state index contributed by atoms with van der Waals surface area (Å²) in [7, 11) is 0. The van der Waals surface area contributed by atoms with Crippen molar-refractivity contribution in [2.45, 2.75) is 0 Å². The fraction of sp³-hybridized carbons (Fsp3) is 0. The number of nitrogens with one attached hydrogen (secondary N) is 2. The third-order valence-corrected chi connectivity index (χ3v) is 4.72. The van der Waals surface area contributed by atoms with Crippen LogP contribution in [0.5, 0.6) is 11.5 Å². The lowest BCUT2D eigenvalue weighted by molar-refractivity contribution is -0.394. The summed E-state index contributed by atoms with van der Waals surface area (Å²) in [5.41, 5.74) is 1.26. The van der Waals surface area contributed by atoms with Crippen molar-refractivity contribution in [3.05, 3.63) is 96.7 Å². The van der Waals surface area contributed by atoms with Gasteiger partial charge in [0.2, 0.25) is 5.75 Å². The Morgan fingerprint density at radius 3 is 2.31 bits per heavy atom. The molecule has 3 aromatic carbocycles. The number of anilines is 1. The zero-order valence-electron chi connectivity index (χ0n) is 17.3. The van der Waals surface area contributed by atoms with E-state index in [0.717, 1.165) is 24.3 Å². The molecule has 0 aliphatic heterocycles. The lowest BCUT2D eigenvalue weighted by Crippen LogP contribution is -2.32. The largest absolute Gasteiger partial charge is 0.450 e. The summed E-state index contributed by atoms with van der Waals surface area (Å²) in [4.78, 5) is 44.2. The van der Waals surface area contributed by atoms with E-state index >= 15 is 0 Å². The summed E-state index contributed by atoms with van der Waals surface area (Å²) in [6.45, 7) is 0. The molecule has 0 aliphatic rings. The summed E-state index contributed by atoms with van der Waals surface area (Å²) < 4.78 is 19.7. The molecule has 14 heteroatoms. The Hall–Kier alpha value is -4.72. The van der Waals surface area contributed by atoms with Gasteiger partial charge < -0.3 is 10.1 Å². The highest BCUT2D eigenvalue weighted by Crippen LogP contribution is 2.34. The van der Waals surface area contributed by atoms with E-state index in [4.69, 9.17) is 4.74 Å². The fourth-order valence-corrected chi connectivity index (χ4v) is 2.92. The van der Waals surface area contributed by atoms with Crippen molar-refractivity contribution in [2.75, 3.05) is 5.32 Å². The molecule has 2 amide bonds. The number of hydrogen-bond donors (Lipinski definition) is 2. The quantitative estimate of drug-likeness (QED) is 0.193. The average molecular weight is 546 g/mol. The van der Waals surface area contributed by atoms with Crippen molar-refractivity contribution in [3.63, 3.8) is 0 Å². The van der Waals surface area contributed by atoms with E-state index in [1.54, 1.807) is 0 Å². The van der Waals surface area contributed by atoms with Crippen molar-refractivity contribution < 1.29 is 28.6 Å². The third-order valence-electron chi connectivity index (χ3n) is 4.22. The number of hydrazone groups is 1. The van der Waals surface area contributed by atoms with E-state index in [1.807, 2.05) is 5.43 Å². The van der Waals surface area contributed by atoms with Crippen LogP contribution < -0.4 is 15.5 Å². The highest BCUT2D eigenvalue weighted by molar-refractivity contribution is 9.10. The topological polar surface area (TPSA) is 166 Å². The van der Waals surface area contributed by atoms with Crippen LogP contribution in [0.15, 0.2) is 70.2 Å². The Labute approximate surface area is 203 Å². The van der Waals surface area contributed by atoms with Gasteiger partial charge in [0.05, 0.1) is 27.8 Å². The lowest BCUT2D eigenvalue weighted by Gasteiger charge is -2.06. The molecule has 3 aromatic rings. The summed E-state index contributed by atoms with van der Waals surface area (Å²) in [5, 5.41) is 27.8. The summed E-state index contributed by atoms with van der Waals surface area (Å²) in [6, 6.07) is 12.8. The Bertz CT molecular complexity index is 1350. The molecule has 0 unspecified atom stereocenters. The van der Waals surface area contributed by atoms with Gasteiger partial charge >= 0.3 is 17.5 Å². The van der Waals surface area contributed by atoms with Crippen LogP contribution in [0, 0.1) is 26.0 Å². The van der Waals surface area contributed by atoms with Crippen molar-refractivity contribution in [3.8, 4) is 11.5 Å². The van der Waals surface area contributed by atoms with Gasteiger partial charge in [-0.25, -0.2) is 9.82 Å². The number of halogens is 2. The van der Waals surface area contributed by atoms with Crippen molar-refractivity contribution in [1.82, 2.24) is 5.43 Å². The van der Waals surface area contributed by atoms with Gasteiger partial charge in [-0.1, -0.05) is 15.9 Å². The fourth-order valence-electron chi connectivity index (χ4n) is 2.58. The number of nitrogens with zero attached hydrogens (tertiary/aromatic N) is 3. The summed E-state index contributed by atoms with van der Waals surface area (Å²) in [5.74, 6) is -2.99.